The Bertz CT molecular complexity index is 975. The number of amides is 1. The number of esters is 1. The standard InChI is InChI=1S/C22H27BrClNO6/c1-5-14-10-13(8-9-30-14)25(22(27)29-7-3)18-15-11-16(23)17(24)12(4)19(15)31-20(18)21(26)28-6-2/h11,13-14H,5-10H2,1-4H3/t13-,14-/m0/s1. The summed E-state index contributed by atoms with van der Waals surface area (Å²) in [5.41, 5.74) is 1.43. The van der Waals surface area contributed by atoms with Gasteiger partial charge in [0.15, 0.2) is 0 Å². The van der Waals surface area contributed by atoms with Gasteiger partial charge >= 0.3 is 12.1 Å². The maximum atomic E-state index is 13.2. The Labute approximate surface area is 195 Å². The third-order valence-electron chi connectivity index (χ3n) is 5.40. The molecule has 0 saturated carbocycles. The van der Waals surface area contributed by atoms with Crippen molar-refractivity contribution in [1.82, 2.24) is 0 Å². The van der Waals surface area contributed by atoms with Gasteiger partial charge in [-0.2, -0.15) is 0 Å². The number of halogens is 2. The molecule has 0 N–H and O–H groups in total. The van der Waals surface area contributed by atoms with Crippen LogP contribution in [0.1, 0.15) is 56.2 Å². The normalized spacial score (nSPS) is 18.8. The van der Waals surface area contributed by atoms with Crippen molar-refractivity contribution < 1.29 is 28.2 Å². The summed E-state index contributed by atoms with van der Waals surface area (Å²) < 4.78 is 23.0. The topological polar surface area (TPSA) is 78.2 Å². The number of ether oxygens (including phenoxy) is 3. The van der Waals surface area contributed by atoms with Crippen molar-refractivity contribution in [1.29, 1.82) is 0 Å². The van der Waals surface area contributed by atoms with Crippen molar-refractivity contribution in [3.8, 4) is 0 Å². The number of nitrogens with zero attached hydrogens (tertiary/aromatic N) is 1. The molecule has 9 heteroatoms. The summed E-state index contributed by atoms with van der Waals surface area (Å²) in [6, 6.07) is 1.54. The second-order valence-corrected chi connectivity index (χ2v) is 8.55. The van der Waals surface area contributed by atoms with Crippen molar-refractivity contribution in [2.24, 2.45) is 0 Å². The third kappa shape index (κ3) is 4.71. The minimum absolute atomic E-state index is 0.0165. The van der Waals surface area contributed by atoms with Crippen molar-refractivity contribution in [3.63, 3.8) is 0 Å². The summed E-state index contributed by atoms with van der Waals surface area (Å²) in [6.07, 6.45) is 1.53. The molecule has 3 rings (SSSR count). The van der Waals surface area contributed by atoms with Crippen LogP contribution in [0.2, 0.25) is 5.02 Å². The van der Waals surface area contributed by atoms with E-state index < -0.39 is 12.1 Å². The van der Waals surface area contributed by atoms with E-state index in [4.69, 9.17) is 30.2 Å². The van der Waals surface area contributed by atoms with E-state index >= 15 is 0 Å². The molecule has 1 aliphatic rings. The van der Waals surface area contributed by atoms with Gasteiger partial charge in [-0.05, 0) is 62.0 Å². The fraction of sp³-hybridized carbons (Fsp3) is 0.545. The highest BCUT2D eigenvalue weighted by Crippen LogP contribution is 2.43. The van der Waals surface area contributed by atoms with Gasteiger partial charge < -0.3 is 18.6 Å². The fourth-order valence-corrected chi connectivity index (χ4v) is 4.55. The summed E-state index contributed by atoms with van der Waals surface area (Å²) in [5.74, 6) is -0.685. The fourth-order valence-electron chi connectivity index (χ4n) is 3.89. The van der Waals surface area contributed by atoms with Crippen molar-refractivity contribution in [3.05, 3.63) is 26.9 Å². The van der Waals surface area contributed by atoms with Gasteiger partial charge in [-0.15, -0.1) is 0 Å². The minimum atomic E-state index is -0.645. The maximum absolute atomic E-state index is 13.2. The smallest absolute Gasteiger partial charge is 0.414 e. The Morgan fingerprint density at radius 3 is 2.61 bits per heavy atom. The molecule has 170 valence electrons. The molecule has 0 unspecified atom stereocenters. The lowest BCUT2D eigenvalue weighted by atomic mass is 9.99. The van der Waals surface area contributed by atoms with Gasteiger partial charge in [-0.3, -0.25) is 4.90 Å². The molecule has 2 heterocycles. The number of benzene rings is 1. The van der Waals surface area contributed by atoms with Gasteiger partial charge in [-0.1, -0.05) is 18.5 Å². The average Bonchev–Trinajstić information content (AvgIpc) is 3.12. The van der Waals surface area contributed by atoms with E-state index in [-0.39, 0.29) is 31.1 Å². The summed E-state index contributed by atoms with van der Waals surface area (Å²) >= 11 is 9.86. The van der Waals surface area contributed by atoms with Crippen LogP contribution in [0.4, 0.5) is 10.5 Å². The van der Waals surface area contributed by atoms with Crippen LogP contribution < -0.4 is 4.90 Å². The number of aryl methyl sites for hydroxylation is 1. The summed E-state index contributed by atoms with van der Waals surface area (Å²) in [5, 5.41) is 1.06. The predicted molar refractivity (Wildman–Crippen MR) is 122 cm³/mol. The molecule has 2 atom stereocenters. The van der Waals surface area contributed by atoms with Crippen LogP contribution in [-0.2, 0) is 14.2 Å². The highest BCUT2D eigenvalue weighted by atomic mass is 79.9. The number of carbonyl (C=O) groups is 2. The zero-order valence-electron chi connectivity index (χ0n) is 18.1. The van der Waals surface area contributed by atoms with E-state index in [1.807, 2.05) is 6.92 Å². The van der Waals surface area contributed by atoms with Gasteiger partial charge in [0.25, 0.3) is 0 Å². The van der Waals surface area contributed by atoms with Gasteiger partial charge in [0, 0.05) is 28.1 Å². The summed E-state index contributed by atoms with van der Waals surface area (Å²) in [6.45, 7) is 8.19. The van der Waals surface area contributed by atoms with Gasteiger partial charge in [-0.25, -0.2) is 9.59 Å². The van der Waals surface area contributed by atoms with E-state index in [1.54, 1.807) is 26.8 Å². The van der Waals surface area contributed by atoms with E-state index in [2.05, 4.69) is 15.9 Å². The molecule has 0 bridgehead atoms. The Balaban J connectivity index is 2.26. The molecule has 31 heavy (non-hydrogen) atoms. The average molecular weight is 517 g/mol. The zero-order valence-corrected chi connectivity index (χ0v) is 20.5. The van der Waals surface area contributed by atoms with E-state index in [0.717, 1.165) is 6.42 Å². The van der Waals surface area contributed by atoms with Crippen LogP contribution in [0.25, 0.3) is 11.0 Å². The first-order valence-corrected chi connectivity index (χ1v) is 11.7. The Morgan fingerprint density at radius 2 is 1.97 bits per heavy atom. The Hall–Kier alpha value is -1.77. The number of furan rings is 1. The Morgan fingerprint density at radius 1 is 1.26 bits per heavy atom. The molecule has 2 aromatic rings. The molecule has 1 amide bonds. The lowest BCUT2D eigenvalue weighted by Gasteiger charge is -2.36. The monoisotopic (exact) mass is 515 g/mol. The van der Waals surface area contributed by atoms with Crippen LogP contribution >= 0.6 is 27.5 Å². The first kappa shape index (κ1) is 23.9. The second kappa shape index (κ2) is 10.2. The molecule has 0 aliphatic carbocycles. The third-order valence-corrected chi connectivity index (χ3v) is 6.74. The van der Waals surface area contributed by atoms with Crippen LogP contribution in [0.5, 0.6) is 0 Å². The quantitative estimate of drug-likeness (QED) is 0.422. The number of anilines is 1. The molecule has 1 aromatic heterocycles. The van der Waals surface area contributed by atoms with E-state index in [9.17, 15) is 9.59 Å². The number of hydrogen-bond acceptors (Lipinski definition) is 6. The number of fused-ring (bicyclic) bond motifs is 1. The predicted octanol–water partition coefficient (Wildman–Crippen LogP) is 6.25. The summed E-state index contributed by atoms with van der Waals surface area (Å²) in [4.78, 5) is 27.6. The number of rotatable bonds is 6. The van der Waals surface area contributed by atoms with Crippen molar-refractivity contribution >= 4 is 56.3 Å². The van der Waals surface area contributed by atoms with Gasteiger partial charge in [0.05, 0.1) is 24.3 Å². The molecule has 0 spiro atoms. The first-order valence-electron chi connectivity index (χ1n) is 10.5. The van der Waals surface area contributed by atoms with E-state index in [1.165, 1.54) is 4.90 Å². The van der Waals surface area contributed by atoms with Crippen molar-refractivity contribution in [2.75, 3.05) is 24.7 Å². The number of carbonyl (C=O) groups excluding carboxylic acids is 2. The largest absolute Gasteiger partial charge is 0.460 e. The molecule has 1 saturated heterocycles. The zero-order chi connectivity index (χ0) is 22.7. The van der Waals surface area contributed by atoms with Crippen LogP contribution in [0.3, 0.4) is 0 Å². The minimum Gasteiger partial charge on any atom is -0.460 e. The van der Waals surface area contributed by atoms with Gasteiger partial charge in [0.1, 0.15) is 11.3 Å². The second-order valence-electron chi connectivity index (χ2n) is 7.32. The van der Waals surface area contributed by atoms with Crippen molar-refractivity contribution in [2.45, 2.75) is 59.1 Å². The van der Waals surface area contributed by atoms with Crippen LogP contribution in [-0.4, -0.2) is 44.0 Å². The molecule has 1 aromatic carbocycles. The molecule has 1 fully saturated rings. The molecule has 7 nitrogen and oxygen atoms in total. The number of hydrogen-bond donors (Lipinski definition) is 0. The summed E-state index contributed by atoms with van der Waals surface area (Å²) in [7, 11) is 0. The van der Waals surface area contributed by atoms with Gasteiger partial charge in [0.2, 0.25) is 5.76 Å². The molecular weight excluding hydrogens is 490 g/mol. The lowest BCUT2D eigenvalue weighted by molar-refractivity contribution is 0.00465. The highest BCUT2D eigenvalue weighted by molar-refractivity contribution is 9.10. The Kier molecular flexibility index (Phi) is 7.88. The molecule has 1 aliphatic heterocycles. The lowest BCUT2D eigenvalue weighted by Crippen LogP contribution is -2.46. The van der Waals surface area contributed by atoms with E-state index in [0.29, 0.717) is 51.2 Å². The highest BCUT2D eigenvalue weighted by Gasteiger charge is 2.38. The molecule has 0 radical (unpaired) electrons. The molecular formula is C22H27BrClNO6. The first-order chi connectivity index (χ1) is 14.8. The SMILES string of the molecule is CCOC(=O)c1oc2c(C)c(Cl)c(Br)cc2c1N(C(=O)OCC)[C@H]1CCO[C@@H](CC)C1. The van der Waals surface area contributed by atoms with Crippen LogP contribution in [0, 0.1) is 6.92 Å². The maximum Gasteiger partial charge on any atom is 0.414 e. The van der Waals surface area contributed by atoms with Crippen LogP contribution in [0.15, 0.2) is 15.0 Å².